The molecule has 0 aliphatic carbocycles. The number of aryl methyl sites for hydroxylation is 2. The number of alkyl halides is 3. The Balaban J connectivity index is 0.000000689. The van der Waals surface area contributed by atoms with Gasteiger partial charge in [0.05, 0.1) is 6.20 Å². The SMILES string of the molecule is O=C(C[C@@H]1CCCN(C(=O)Nc2ccccc2)C1)Nc1ccc2cc1CCc1cccc(c1)Nc1ncc(Cl)c(n1)N2.O=CC(F)(F)F. The number of carbonyl (C=O) groups is 3. The van der Waals surface area contributed by atoms with Gasteiger partial charge in [0.1, 0.15) is 5.02 Å². The number of urea groups is 1. The molecule has 0 radical (unpaired) electrons. The zero-order valence-corrected chi connectivity index (χ0v) is 26.4. The standard InChI is InChI=1S/C32H32ClN7O2.C2HF3O/c33-27-19-34-31-36-25-10-4-6-21(16-25)11-12-23-18-26(35-30(27)39-31)13-14-28(23)38-29(41)17-22-7-5-15-40(20-22)32(42)37-24-8-2-1-3-9-24;3-2(4,5)1-6/h1-4,6,8-10,13-14,16,18-19,22H,5,7,11-12,15,17,20H2,(H,37,42)(H,38,41)(H2,34,35,36,39);1H/t22-;/m0./s1. The lowest BCUT2D eigenvalue weighted by molar-refractivity contribution is -0.156. The Bertz CT molecular complexity index is 1760. The molecule has 10 nitrogen and oxygen atoms in total. The van der Waals surface area contributed by atoms with Crippen molar-refractivity contribution in [2.24, 2.45) is 5.92 Å². The summed E-state index contributed by atoms with van der Waals surface area (Å²) in [6.07, 6.45) is -0.501. The van der Waals surface area contributed by atoms with Gasteiger partial charge in [0, 0.05) is 42.3 Å². The van der Waals surface area contributed by atoms with E-state index in [1.165, 1.54) is 0 Å². The number of anilines is 6. The second kappa shape index (κ2) is 15.6. The number of piperidine rings is 1. The zero-order valence-electron chi connectivity index (χ0n) is 25.7. The molecule has 0 unspecified atom stereocenters. The molecule has 0 saturated carbocycles. The van der Waals surface area contributed by atoms with Gasteiger partial charge in [0.15, 0.2) is 5.82 Å². The number of amides is 3. The van der Waals surface area contributed by atoms with Gasteiger partial charge in [-0.2, -0.15) is 18.2 Å². The van der Waals surface area contributed by atoms with Crippen LogP contribution in [0.25, 0.3) is 0 Å². The third kappa shape index (κ3) is 9.91. The minimum atomic E-state index is -4.64. The van der Waals surface area contributed by atoms with Crippen LogP contribution >= 0.6 is 11.6 Å². The van der Waals surface area contributed by atoms with E-state index < -0.39 is 12.5 Å². The van der Waals surface area contributed by atoms with Crippen molar-refractivity contribution in [1.29, 1.82) is 0 Å². The van der Waals surface area contributed by atoms with Crippen LogP contribution in [0.2, 0.25) is 5.02 Å². The Hall–Kier alpha value is -5.17. The second-order valence-electron chi connectivity index (χ2n) is 11.4. The maximum Gasteiger partial charge on any atom is 0.446 e. The van der Waals surface area contributed by atoms with E-state index >= 15 is 0 Å². The highest BCUT2D eigenvalue weighted by molar-refractivity contribution is 6.32. The van der Waals surface area contributed by atoms with Crippen LogP contribution in [0.1, 0.15) is 30.4 Å². The van der Waals surface area contributed by atoms with E-state index in [0.29, 0.717) is 36.3 Å². The average Bonchev–Trinajstić information content (AvgIpc) is 3.07. The number of aromatic nitrogens is 2. The molecule has 3 heterocycles. The molecule has 4 N–H and O–H groups in total. The van der Waals surface area contributed by atoms with E-state index in [2.05, 4.69) is 43.4 Å². The van der Waals surface area contributed by atoms with Crippen molar-refractivity contribution in [2.75, 3.05) is 34.4 Å². The molecule has 0 spiro atoms. The third-order valence-corrected chi connectivity index (χ3v) is 7.97. The van der Waals surface area contributed by atoms with Crippen molar-refractivity contribution in [1.82, 2.24) is 14.9 Å². The van der Waals surface area contributed by atoms with Gasteiger partial charge in [-0.3, -0.25) is 9.59 Å². The number of para-hydroxylation sites is 1. The summed E-state index contributed by atoms with van der Waals surface area (Å²) >= 11 is 6.40. The molecule has 14 heteroatoms. The van der Waals surface area contributed by atoms with Crippen LogP contribution in [0.15, 0.2) is 79.0 Å². The van der Waals surface area contributed by atoms with E-state index in [-0.39, 0.29) is 17.9 Å². The molecule has 1 saturated heterocycles. The molecule has 1 aromatic heterocycles. The van der Waals surface area contributed by atoms with Crippen LogP contribution in [0, 0.1) is 5.92 Å². The van der Waals surface area contributed by atoms with Crippen molar-refractivity contribution in [2.45, 2.75) is 38.3 Å². The predicted octanol–water partition coefficient (Wildman–Crippen LogP) is 7.74. The molecule has 250 valence electrons. The highest BCUT2D eigenvalue weighted by Crippen LogP contribution is 2.30. The quantitative estimate of drug-likeness (QED) is 0.163. The summed E-state index contributed by atoms with van der Waals surface area (Å²) in [7, 11) is 0. The van der Waals surface area contributed by atoms with Gasteiger partial charge < -0.3 is 26.2 Å². The fraction of sp³-hybridized carbons (Fsp3) is 0.265. The molecule has 48 heavy (non-hydrogen) atoms. The van der Waals surface area contributed by atoms with Crippen LogP contribution < -0.4 is 21.3 Å². The predicted molar refractivity (Wildman–Crippen MR) is 179 cm³/mol. The maximum atomic E-state index is 13.3. The van der Waals surface area contributed by atoms with Crippen LogP contribution in [0.3, 0.4) is 0 Å². The molecule has 3 aromatic carbocycles. The number of fused-ring (bicyclic) bond motifs is 6. The van der Waals surface area contributed by atoms with Gasteiger partial charge in [0.2, 0.25) is 18.1 Å². The number of nitrogens with zero attached hydrogens (tertiary/aromatic N) is 3. The first-order chi connectivity index (χ1) is 23.0. The Morgan fingerprint density at radius 3 is 2.52 bits per heavy atom. The highest BCUT2D eigenvalue weighted by atomic mass is 35.5. The van der Waals surface area contributed by atoms with Gasteiger partial charge in [-0.15, -0.1) is 0 Å². The molecule has 1 fully saturated rings. The number of likely N-dealkylation sites (tertiary alicyclic amines) is 1. The molecule has 3 amide bonds. The topological polar surface area (TPSA) is 128 Å². The smallest absolute Gasteiger partial charge is 0.339 e. The molecule has 2 aliphatic heterocycles. The highest BCUT2D eigenvalue weighted by Gasteiger charge is 2.26. The van der Waals surface area contributed by atoms with E-state index in [4.69, 9.17) is 16.4 Å². The fourth-order valence-electron chi connectivity index (χ4n) is 5.47. The second-order valence-corrected chi connectivity index (χ2v) is 11.8. The first kappa shape index (κ1) is 34.2. The third-order valence-electron chi connectivity index (χ3n) is 7.69. The van der Waals surface area contributed by atoms with Crippen LogP contribution in [0.4, 0.5) is 52.5 Å². The Morgan fingerprint density at radius 2 is 1.75 bits per heavy atom. The van der Waals surface area contributed by atoms with Gasteiger partial charge in [-0.05, 0) is 85.2 Å². The molecule has 4 aromatic rings. The Kier molecular flexibility index (Phi) is 11.1. The lowest BCUT2D eigenvalue weighted by atomic mass is 9.94. The largest absolute Gasteiger partial charge is 0.446 e. The number of hydrogen-bond donors (Lipinski definition) is 4. The monoisotopic (exact) mass is 679 g/mol. The average molecular weight is 680 g/mol. The number of hydrogen-bond acceptors (Lipinski definition) is 7. The van der Waals surface area contributed by atoms with Crippen molar-refractivity contribution in [3.05, 3.63) is 95.1 Å². The molecule has 2 aliphatic rings. The van der Waals surface area contributed by atoms with Crippen molar-refractivity contribution in [3.8, 4) is 0 Å². The Morgan fingerprint density at radius 1 is 0.979 bits per heavy atom. The normalized spacial score (nSPS) is 15.4. The van der Waals surface area contributed by atoms with E-state index in [0.717, 1.165) is 59.6 Å². The minimum absolute atomic E-state index is 0.0557. The molecular weight excluding hydrogens is 647 g/mol. The molecular formula is C34H33ClF3N7O3. The number of aldehydes is 1. The van der Waals surface area contributed by atoms with Crippen molar-refractivity contribution < 1.29 is 27.6 Å². The molecule has 6 bridgehead atoms. The molecule has 6 rings (SSSR count). The van der Waals surface area contributed by atoms with Crippen LogP contribution in [0.5, 0.6) is 0 Å². The fourth-order valence-corrected chi connectivity index (χ4v) is 5.61. The van der Waals surface area contributed by atoms with Crippen molar-refractivity contribution in [3.63, 3.8) is 0 Å². The van der Waals surface area contributed by atoms with E-state index in [9.17, 15) is 22.8 Å². The minimum Gasteiger partial charge on any atom is -0.339 e. The Labute approximate surface area is 280 Å². The van der Waals surface area contributed by atoms with Gasteiger partial charge in [-0.25, -0.2) is 9.78 Å². The lowest BCUT2D eigenvalue weighted by Crippen LogP contribution is -2.43. The number of nitrogens with one attached hydrogen (secondary N) is 4. The lowest BCUT2D eigenvalue weighted by Gasteiger charge is -2.32. The summed E-state index contributed by atoms with van der Waals surface area (Å²) in [5, 5.41) is 13.1. The van der Waals surface area contributed by atoms with Gasteiger partial charge in [-0.1, -0.05) is 41.9 Å². The van der Waals surface area contributed by atoms with Gasteiger partial charge >= 0.3 is 12.2 Å². The first-order valence-electron chi connectivity index (χ1n) is 15.3. The summed E-state index contributed by atoms with van der Waals surface area (Å²) in [6.45, 7) is 1.23. The summed E-state index contributed by atoms with van der Waals surface area (Å²) < 4.78 is 31.2. The first-order valence-corrected chi connectivity index (χ1v) is 15.6. The van der Waals surface area contributed by atoms with E-state index in [1.807, 2.05) is 60.7 Å². The van der Waals surface area contributed by atoms with E-state index in [1.54, 1.807) is 11.1 Å². The number of carbonyl (C=O) groups excluding carboxylic acids is 3. The van der Waals surface area contributed by atoms with Crippen molar-refractivity contribution >= 4 is 64.3 Å². The number of benzene rings is 3. The zero-order chi connectivity index (χ0) is 34.1. The molecule has 1 atom stereocenters. The van der Waals surface area contributed by atoms with Crippen LogP contribution in [-0.4, -0.2) is 52.4 Å². The summed E-state index contributed by atoms with van der Waals surface area (Å²) in [5.74, 6) is 0.974. The van der Waals surface area contributed by atoms with Gasteiger partial charge in [0.25, 0.3) is 0 Å². The summed E-state index contributed by atoms with van der Waals surface area (Å²) in [5.41, 5.74) is 5.40. The number of rotatable bonds is 4. The summed E-state index contributed by atoms with van der Waals surface area (Å²) in [4.78, 5) is 45.4. The van der Waals surface area contributed by atoms with Crippen LogP contribution in [-0.2, 0) is 22.4 Å². The summed E-state index contributed by atoms with van der Waals surface area (Å²) in [6, 6.07) is 23.3. The number of halogens is 4. The maximum absolute atomic E-state index is 13.3.